The Balaban J connectivity index is 0.754. The van der Waals surface area contributed by atoms with Crippen molar-refractivity contribution in [3.05, 3.63) is 180 Å². The van der Waals surface area contributed by atoms with E-state index in [1.165, 1.54) is 0 Å². The molecule has 8 atom stereocenters. The quantitative estimate of drug-likeness (QED) is 0.0102. The summed E-state index contributed by atoms with van der Waals surface area (Å²) >= 11 is 0. The van der Waals surface area contributed by atoms with Gasteiger partial charge >= 0.3 is 46.9 Å². The van der Waals surface area contributed by atoms with Crippen LogP contribution in [0.15, 0.2) is 164 Å². The van der Waals surface area contributed by atoms with E-state index < -0.39 is 144 Å². The van der Waals surface area contributed by atoms with Crippen LogP contribution < -0.4 is 0 Å². The standard InChI is InChI=1S/C66H68O25P6/c67-28-29-81-93(71,72)82-30-31-83-94(73,74)84-32-33-85-95(75,76)87-39-44(35-56-20-17-53-14-11-47-5-2-8-50-23-26-59(56)65(53)62(47)50)40-89-97(79,80)91-42-45(36-57-21-18-54-15-12-48-6-3-9-51-24-27-60(57)66(54)63(48)51)41-90-96(77,78)88-38-43(37-86-92(68,69)70)34-55-19-16-52-13-10-46-4-1-7-49-22-25-58(55)64(52)61(46)49/h1-27,43-45,67H,28-42H2,(H,71,72)(H,73,74)(H,75,76)(H,77,78)(H,79,80)(H2,68,69,70). The number of aliphatic hydroxyl groups excluding tert-OH is 1. The number of benzene rings is 12. The van der Waals surface area contributed by atoms with Gasteiger partial charge in [0.25, 0.3) is 0 Å². The normalized spacial score (nSPS) is 16.8. The number of rotatable bonds is 37. The Kier molecular flexibility index (Phi) is 22.0. The van der Waals surface area contributed by atoms with Crippen molar-refractivity contribution in [3.8, 4) is 0 Å². The summed E-state index contributed by atoms with van der Waals surface area (Å²) < 4.78 is 135. The molecule has 0 saturated carbocycles. The fourth-order valence-electron chi connectivity index (χ4n) is 12.5. The van der Waals surface area contributed by atoms with Crippen molar-refractivity contribution < 1.29 is 117 Å². The van der Waals surface area contributed by atoms with E-state index in [0.717, 1.165) is 108 Å². The van der Waals surface area contributed by atoms with Crippen LogP contribution in [0, 0.1) is 17.8 Å². The van der Waals surface area contributed by atoms with Gasteiger partial charge in [-0.25, -0.2) is 27.4 Å². The maximum atomic E-state index is 14.3. The summed E-state index contributed by atoms with van der Waals surface area (Å²) in [6.07, 6.45) is 0.156. The zero-order valence-corrected chi connectivity index (χ0v) is 57.0. The molecule has 0 fully saturated rings. The summed E-state index contributed by atoms with van der Waals surface area (Å²) in [6, 6.07) is 53.1. The molecule has 0 aliphatic rings. The van der Waals surface area contributed by atoms with E-state index in [-0.39, 0.29) is 19.3 Å². The van der Waals surface area contributed by atoms with Gasteiger partial charge in [-0.3, -0.25) is 49.8 Å². The molecular formula is C66H68O25P6. The van der Waals surface area contributed by atoms with Crippen LogP contribution in [0.25, 0.3) is 97.0 Å². The number of hydrogen-bond acceptors (Lipinski definition) is 18. The molecule has 0 aromatic heterocycles. The van der Waals surface area contributed by atoms with Crippen LogP contribution in [0.5, 0.6) is 0 Å². The van der Waals surface area contributed by atoms with Gasteiger partial charge in [0.2, 0.25) is 0 Å². The minimum absolute atomic E-state index is 0.0208. The molecule has 0 spiro atoms. The molecular weight excluding hydrogens is 1380 g/mol. The second-order valence-corrected chi connectivity index (χ2v) is 32.0. The van der Waals surface area contributed by atoms with Gasteiger partial charge in [-0.05, 0) is 133 Å². The van der Waals surface area contributed by atoms with Crippen molar-refractivity contribution in [2.24, 2.45) is 17.8 Å². The van der Waals surface area contributed by atoms with Crippen molar-refractivity contribution >= 4 is 144 Å². The lowest BCUT2D eigenvalue weighted by Gasteiger charge is -2.24. The second-order valence-electron chi connectivity index (χ2n) is 23.5. The first kappa shape index (κ1) is 71.2. The van der Waals surface area contributed by atoms with Crippen molar-refractivity contribution in [2.45, 2.75) is 19.3 Å². The minimum atomic E-state index is -5.15. The van der Waals surface area contributed by atoms with Gasteiger partial charge in [-0.15, -0.1) is 0 Å². The molecule has 12 aromatic carbocycles. The lowest BCUT2D eigenvalue weighted by Crippen LogP contribution is -2.22. The molecule has 0 bridgehead atoms. The topological polar surface area (TPSA) is 366 Å². The van der Waals surface area contributed by atoms with E-state index in [4.69, 9.17) is 45.8 Å². The predicted molar refractivity (Wildman–Crippen MR) is 366 cm³/mol. The zero-order chi connectivity index (χ0) is 68.3. The Hall–Kier alpha value is -5.62. The van der Waals surface area contributed by atoms with Crippen molar-refractivity contribution in [3.63, 3.8) is 0 Å². The Morgan fingerprint density at radius 2 is 0.474 bits per heavy atom. The van der Waals surface area contributed by atoms with Gasteiger partial charge in [-0.2, -0.15) is 0 Å². The largest absolute Gasteiger partial charge is 0.472 e. The predicted octanol–water partition coefficient (Wildman–Crippen LogP) is 14.0. The first-order valence-corrected chi connectivity index (χ1v) is 39.7. The number of phosphoric ester groups is 6. The molecule has 0 saturated heterocycles. The molecule has 25 nitrogen and oxygen atoms in total. The van der Waals surface area contributed by atoms with Gasteiger partial charge in [0.1, 0.15) is 0 Å². The highest BCUT2D eigenvalue weighted by Crippen LogP contribution is 2.51. The molecule has 0 aliphatic carbocycles. The Bertz CT molecular complexity index is 5040. The van der Waals surface area contributed by atoms with Crippen LogP contribution in [0.1, 0.15) is 16.7 Å². The summed E-state index contributed by atoms with van der Waals surface area (Å²) in [6.45, 7) is -7.77. The van der Waals surface area contributed by atoms with Crippen molar-refractivity contribution in [1.29, 1.82) is 0 Å². The fourth-order valence-corrected chi connectivity index (χ4v) is 16.8. The number of aliphatic hydroxyl groups is 1. The Morgan fingerprint density at radius 1 is 0.258 bits per heavy atom. The molecule has 31 heteroatoms. The van der Waals surface area contributed by atoms with Crippen LogP contribution in [0.2, 0.25) is 0 Å². The smallest absolute Gasteiger partial charge is 0.394 e. The second kappa shape index (κ2) is 29.9. The van der Waals surface area contributed by atoms with E-state index in [1.807, 2.05) is 164 Å². The summed E-state index contributed by atoms with van der Waals surface area (Å²) in [5, 5.41) is 26.0. The molecule has 0 amide bonds. The van der Waals surface area contributed by atoms with Gasteiger partial charge in [0.05, 0.1) is 79.3 Å². The van der Waals surface area contributed by atoms with Crippen molar-refractivity contribution in [2.75, 3.05) is 79.3 Å². The average Bonchev–Trinajstić information content (AvgIpc) is 0.756. The molecule has 12 rings (SSSR count). The van der Waals surface area contributed by atoms with Crippen molar-refractivity contribution in [1.82, 2.24) is 0 Å². The minimum Gasteiger partial charge on any atom is -0.394 e. The van der Waals surface area contributed by atoms with Gasteiger partial charge < -0.3 is 39.4 Å². The SMILES string of the molecule is O=P(O)(O)OCC(COP(=O)(O)OCC(COP(=O)(O)OCC(COP(=O)(O)OCCOP(=O)(O)OCCOP(=O)(O)OCCO)Cc1ccc2ccc3cccc4ccc1c2c34)Cc1ccc2ccc3cccc4ccc1c2c34)Cc1ccc2ccc3cccc4ccc1c2c34. The highest BCUT2D eigenvalue weighted by Gasteiger charge is 2.33. The summed E-state index contributed by atoms with van der Waals surface area (Å²) in [4.78, 5) is 73.1. The lowest BCUT2D eigenvalue weighted by atomic mass is 9.89. The van der Waals surface area contributed by atoms with E-state index in [0.29, 0.717) is 5.56 Å². The van der Waals surface area contributed by atoms with Crippen LogP contribution in [-0.4, -0.2) is 119 Å². The number of hydrogen-bond donors (Lipinski definition) is 8. The Labute approximate surface area is 554 Å². The van der Waals surface area contributed by atoms with Crippen LogP contribution in [0.3, 0.4) is 0 Å². The first-order valence-electron chi connectivity index (χ1n) is 30.7. The third-order valence-corrected chi connectivity index (χ3v) is 22.2. The molecule has 512 valence electrons. The van der Waals surface area contributed by atoms with Crippen LogP contribution in [0.4, 0.5) is 0 Å². The number of phosphoric acid groups is 6. The zero-order valence-electron chi connectivity index (χ0n) is 51.6. The molecule has 8 N–H and O–H groups in total. The summed E-state index contributed by atoms with van der Waals surface area (Å²) in [5.41, 5.74) is 2.19. The molecule has 12 aromatic rings. The fraction of sp³-hybridized carbons (Fsp3) is 0.273. The third-order valence-electron chi connectivity index (χ3n) is 16.8. The maximum Gasteiger partial charge on any atom is 0.472 e. The average molecular weight is 1450 g/mol. The van der Waals surface area contributed by atoms with E-state index in [2.05, 4.69) is 9.05 Å². The highest BCUT2D eigenvalue weighted by atomic mass is 31.2. The summed E-state index contributed by atoms with van der Waals surface area (Å²) in [7, 11) is -29.8. The lowest BCUT2D eigenvalue weighted by molar-refractivity contribution is 0.0678. The monoisotopic (exact) mass is 1450 g/mol. The van der Waals surface area contributed by atoms with Crippen LogP contribution >= 0.6 is 46.9 Å². The molecule has 0 heterocycles. The summed E-state index contributed by atoms with van der Waals surface area (Å²) in [5.74, 6) is -2.89. The van der Waals surface area contributed by atoms with Gasteiger partial charge in [-0.1, -0.05) is 164 Å². The van der Waals surface area contributed by atoms with E-state index in [9.17, 15) is 61.6 Å². The van der Waals surface area contributed by atoms with Gasteiger partial charge in [0.15, 0.2) is 0 Å². The van der Waals surface area contributed by atoms with Crippen LogP contribution in [-0.2, 0) is 96.4 Å². The molecule has 97 heavy (non-hydrogen) atoms. The van der Waals surface area contributed by atoms with E-state index in [1.54, 1.807) is 0 Å². The Morgan fingerprint density at radius 3 is 0.742 bits per heavy atom. The maximum absolute atomic E-state index is 14.3. The molecule has 0 aliphatic heterocycles. The van der Waals surface area contributed by atoms with E-state index >= 15 is 0 Å². The molecule has 0 radical (unpaired) electrons. The first-order chi connectivity index (χ1) is 46.3. The molecule has 8 unspecified atom stereocenters. The van der Waals surface area contributed by atoms with Gasteiger partial charge in [0, 0.05) is 17.8 Å². The highest BCUT2D eigenvalue weighted by molar-refractivity contribution is 7.48. The third kappa shape index (κ3) is 17.6.